The topological polar surface area (TPSA) is 99.5 Å². The Hall–Kier alpha value is -2.35. The predicted octanol–water partition coefficient (Wildman–Crippen LogP) is 1.30. The van der Waals surface area contributed by atoms with Crippen LogP contribution in [0, 0.1) is 6.92 Å². The van der Waals surface area contributed by atoms with Crippen molar-refractivity contribution in [3.8, 4) is 5.88 Å². The van der Waals surface area contributed by atoms with E-state index >= 15 is 0 Å². The lowest BCUT2D eigenvalue weighted by Gasteiger charge is -2.05. The molecule has 1 heterocycles. The highest BCUT2D eigenvalue weighted by molar-refractivity contribution is 9.10. The first-order valence-corrected chi connectivity index (χ1v) is 6.77. The molecule has 2 aromatic rings. The summed E-state index contributed by atoms with van der Waals surface area (Å²) < 4.78 is 1.87. The fraction of sp³-hybridized carbons (Fsp3) is 0.154. The second-order valence-corrected chi connectivity index (χ2v) is 5.30. The standard InChI is InChI=1S/C13H13BrN4O3/c1-7-5-8(14)3-4-10(7)17-15-6-9-11(19)16-13(21)18(2)12(9)20/h3-6,17,20H,1-2H3,(H,16,19,21). The predicted molar refractivity (Wildman–Crippen MR) is 84.1 cm³/mol. The third-order valence-electron chi connectivity index (χ3n) is 2.90. The van der Waals surface area contributed by atoms with Crippen molar-refractivity contribution in [2.24, 2.45) is 12.1 Å². The van der Waals surface area contributed by atoms with E-state index in [-0.39, 0.29) is 5.56 Å². The highest BCUT2D eigenvalue weighted by Crippen LogP contribution is 2.19. The lowest BCUT2D eigenvalue weighted by atomic mass is 10.2. The molecule has 0 spiro atoms. The van der Waals surface area contributed by atoms with E-state index in [4.69, 9.17) is 0 Å². The van der Waals surface area contributed by atoms with E-state index in [1.807, 2.05) is 25.1 Å². The lowest BCUT2D eigenvalue weighted by Crippen LogP contribution is -2.30. The summed E-state index contributed by atoms with van der Waals surface area (Å²) in [5.41, 5.74) is 3.01. The first kappa shape index (κ1) is 15.0. The van der Waals surface area contributed by atoms with Crippen LogP contribution in [0.5, 0.6) is 5.88 Å². The van der Waals surface area contributed by atoms with Gasteiger partial charge in [0.2, 0.25) is 5.88 Å². The summed E-state index contributed by atoms with van der Waals surface area (Å²) in [5, 5.41) is 13.7. The van der Waals surface area contributed by atoms with E-state index in [0.29, 0.717) is 0 Å². The number of nitrogens with zero attached hydrogens (tertiary/aromatic N) is 2. The molecule has 0 bridgehead atoms. The number of hydrazone groups is 1. The van der Waals surface area contributed by atoms with Gasteiger partial charge in [0.15, 0.2) is 0 Å². The average molecular weight is 353 g/mol. The number of benzene rings is 1. The molecule has 0 radical (unpaired) electrons. The van der Waals surface area contributed by atoms with Gasteiger partial charge in [0.25, 0.3) is 5.56 Å². The Labute approximate surface area is 128 Å². The molecule has 0 atom stereocenters. The lowest BCUT2D eigenvalue weighted by molar-refractivity contribution is 0.417. The maximum absolute atomic E-state index is 11.6. The number of halogens is 1. The van der Waals surface area contributed by atoms with E-state index < -0.39 is 17.1 Å². The summed E-state index contributed by atoms with van der Waals surface area (Å²) in [5.74, 6) is -0.443. The van der Waals surface area contributed by atoms with E-state index in [2.05, 4.69) is 31.4 Å². The van der Waals surface area contributed by atoms with Gasteiger partial charge in [-0.3, -0.25) is 19.8 Å². The van der Waals surface area contributed by atoms with Crippen molar-refractivity contribution in [3.63, 3.8) is 0 Å². The zero-order valence-corrected chi connectivity index (χ0v) is 12.9. The highest BCUT2D eigenvalue weighted by Gasteiger charge is 2.09. The molecule has 3 N–H and O–H groups in total. The number of aryl methyl sites for hydroxylation is 1. The first-order valence-electron chi connectivity index (χ1n) is 5.97. The van der Waals surface area contributed by atoms with Crippen LogP contribution in [0.25, 0.3) is 0 Å². The van der Waals surface area contributed by atoms with Gasteiger partial charge in [-0.05, 0) is 30.7 Å². The van der Waals surface area contributed by atoms with Crippen LogP contribution in [-0.4, -0.2) is 20.9 Å². The SMILES string of the molecule is Cc1cc(Br)ccc1NN=Cc1c(O)n(C)c(=O)[nH]c1=O. The second kappa shape index (κ2) is 5.96. The van der Waals surface area contributed by atoms with E-state index in [1.165, 1.54) is 7.05 Å². The smallest absolute Gasteiger partial charge is 0.330 e. The molecule has 1 aromatic carbocycles. The van der Waals surface area contributed by atoms with Crippen molar-refractivity contribution in [2.75, 3.05) is 5.43 Å². The maximum atomic E-state index is 11.6. The van der Waals surface area contributed by atoms with Gasteiger partial charge in [-0.1, -0.05) is 15.9 Å². The molecule has 0 aliphatic carbocycles. The summed E-state index contributed by atoms with van der Waals surface area (Å²) in [6, 6.07) is 5.58. The minimum absolute atomic E-state index is 0.0978. The van der Waals surface area contributed by atoms with Crippen LogP contribution < -0.4 is 16.7 Å². The van der Waals surface area contributed by atoms with Gasteiger partial charge in [-0.15, -0.1) is 0 Å². The number of nitrogens with one attached hydrogen (secondary N) is 2. The summed E-state index contributed by atoms with van der Waals surface area (Å²) >= 11 is 3.36. The zero-order valence-electron chi connectivity index (χ0n) is 11.3. The Morgan fingerprint density at radius 2 is 2.14 bits per heavy atom. The number of rotatable bonds is 3. The number of aromatic nitrogens is 2. The molecule has 7 nitrogen and oxygen atoms in total. The van der Waals surface area contributed by atoms with Gasteiger partial charge in [0.1, 0.15) is 5.56 Å². The van der Waals surface area contributed by atoms with Crippen LogP contribution in [0.2, 0.25) is 0 Å². The van der Waals surface area contributed by atoms with Crippen molar-refractivity contribution in [2.45, 2.75) is 6.92 Å². The van der Waals surface area contributed by atoms with Crippen molar-refractivity contribution in [1.82, 2.24) is 9.55 Å². The number of anilines is 1. The molecule has 1 aromatic heterocycles. The van der Waals surface area contributed by atoms with Gasteiger partial charge in [-0.25, -0.2) is 4.79 Å². The number of aromatic hydroxyl groups is 1. The van der Waals surface area contributed by atoms with E-state index in [9.17, 15) is 14.7 Å². The molecule has 0 fully saturated rings. The number of aromatic amines is 1. The van der Waals surface area contributed by atoms with Crippen LogP contribution >= 0.6 is 15.9 Å². The Balaban J connectivity index is 2.29. The summed E-state index contributed by atoms with van der Waals surface area (Å²) in [6.45, 7) is 1.90. The Bertz CT molecular complexity index is 823. The second-order valence-electron chi connectivity index (χ2n) is 4.38. The summed E-state index contributed by atoms with van der Waals surface area (Å²) in [7, 11) is 1.34. The molecule has 8 heteroatoms. The summed E-state index contributed by atoms with van der Waals surface area (Å²) in [6.07, 6.45) is 1.16. The van der Waals surface area contributed by atoms with Gasteiger partial charge in [0, 0.05) is 11.5 Å². The van der Waals surface area contributed by atoms with Crippen LogP contribution in [0.15, 0.2) is 37.4 Å². The molecule has 0 saturated heterocycles. The maximum Gasteiger partial charge on any atom is 0.330 e. The monoisotopic (exact) mass is 352 g/mol. The van der Waals surface area contributed by atoms with Crippen molar-refractivity contribution < 1.29 is 5.11 Å². The Morgan fingerprint density at radius 3 is 2.81 bits per heavy atom. The third-order valence-corrected chi connectivity index (χ3v) is 3.39. The average Bonchev–Trinajstić information content (AvgIpc) is 2.42. The molecule has 0 aliphatic rings. The highest BCUT2D eigenvalue weighted by atomic mass is 79.9. The minimum Gasteiger partial charge on any atom is -0.494 e. The van der Waals surface area contributed by atoms with Crippen molar-refractivity contribution in [1.29, 1.82) is 0 Å². The molecule has 0 aliphatic heterocycles. The van der Waals surface area contributed by atoms with Crippen LogP contribution in [-0.2, 0) is 7.05 Å². The van der Waals surface area contributed by atoms with Crippen LogP contribution in [0.4, 0.5) is 5.69 Å². The molecule has 0 amide bonds. The van der Waals surface area contributed by atoms with E-state index in [0.717, 1.165) is 26.5 Å². The number of H-pyrrole nitrogens is 1. The van der Waals surface area contributed by atoms with Crippen molar-refractivity contribution in [3.05, 3.63) is 54.6 Å². The summed E-state index contributed by atoms with van der Waals surface area (Å²) in [4.78, 5) is 25.0. The molecule has 2 rings (SSSR count). The van der Waals surface area contributed by atoms with Gasteiger partial charge >= 0.3 is 5.69 Å². The number of hydrogen-bond donors (Lipinski definition) is 3. The molecule has 21 heavy (non-hydrogen) atoms. The van der Waals surface area contributed by atoms with Crippen LogP contribution in [0.3, 0.4) is 0 Å². The molecule has 110 valence electrons. The largest absolute Gasteiger partial charge is 0.494 e. The fourth-order valence-corrected chi connectivity index (χ4v) is 2.14. The Morgan fingerprint density at radius 1 is 1.43 bits per heavy atom. The molecule has 0 saturated carbocycles. The van der Waals surface area contributed by atoms with Gasteiger partial charge in [0.05, 0.1) is 11.9 Å². The molecular formula is C13H13BrN4O3. The van der Waals surface area contributed by atoms with Crippen LogP contribution in [0.1, 0.15) is 11.1 Å². The molecule has 0 unspecified atom stereocenters. The fourth-order valence-electron chi connectivity index (χ4n) is 1.66. The van der Waals surface area contributed by atoms with Gasteiger partial charge in [-0.2, -0.15) is 5.10 Å². The van der Waals surface area contributed by atoms with E-state index in [1.54, 1.807) is 0 Å². The minimum atomic E-state index is -0.700. The first-order chi connectivity index (χ1) is 9.90. The van der Waals surface area contributed by atoms with Gasteiger partial charge < -0.3 is 5.11 Å². The molecular weight excluding hydrogens is 340 g/mol. The Kier molecular flexibility index (Phi) is 4.27. The zero-order chi connectivity index (χ0) is 15.6. The normalized spacial score (nSPS) is 11.0. The number of hydrogen-bond acceptors (Lipinski definition) is 5. The third kappa shape index (κ3) is 3.22. The quantitative estimate of drug-likeness (QED) is 0.572. The van der Waals surface area contributed by atoms with Crippen molar-refractivity contribution >= 4 is 27.8 Å².